The molecule has 1 aromatic rings. The summed E-state index contributed by atoms with van der Waals surface area (Å²) in [5.74, 6) is 2.50. The van der Waals surface area contributed by atoms with Gasteiger partial charge in [-0.1, -0.05) is 26.8 Å². The molecule has 0 aromatic heterocycles. The summed E-state index contributed by atoms with van der Waals surface area (Å²) in [6.07, 6.45) is 2.55. The number of carbonyl (C=O) groups is 1. The summed E-state index contributed by atoms with van der Waals surface area (Å²) in [4.78, 5) is 11.2. The molecule has 0 aliphatic carbocycles. The van der Waals surface area contributed by atoms with Gasteiger partial charge in [0.15, 0.2) is 11.5 Å². The number of likely N-dealkylation sites (N-methyl/N-ethyl adjacent to an activating group) is 1. The molecular weight excluding hydrogens is 304 g/mol. The van der Waals surface area contributed by atoms with Gasteiger partial charge in [0.25, 0.3) is 0 Å². The maximum Gasteiger partial charge on any atom is 0.231 e. The van der Waals surface area contributed by atoms with Gasteiger partial charge >= 0.3 is 0 Å². The molecule has 136 valence electrons. The summed E-state index contributed by atoms with van der Waals surface area (Å²) in [7, 11) is 0. The Morgan fingerprint density at radius 3 is 2.38 bits per heavy atom. The molecule has 2 rings (SSSR count). The molecule has 5 nitrogen and oxygen atoms in total. The lowest BCUT2D eigenvalue weighted by molar-refractivity contribution is -0.106. The topological polar surface area (TPSA) is 64.8 Å². The molecule has 0 spiro atoms. The van der Waals surface area contributed by atoms with Crippen LogP contribution in [0.2, 0.25) is 0 Å². The largest absolute Gasteiger partial charge is 0.454 e. The van der Waals surface area contributed by atoms with Crippen molar-refractivity contribution >= 4 is 6.41 Å². The second-order valence-corrected chi connectivity index (χ2v) is 6.69. The van der Waals surface area contributed by atoms with Gasteiger partial charge in [0, 0.05) is 12.1 Å². The van der Waals surface area contributed by atoms with Crippen LogP contribution in [0.1, 0.15) is 46.6 Å². The minimum absolute atomic E-state index is 0.250. The summed E-state index contributed by atoms with van der Waals surface area (Å²) in [5.41, 5.74) is 5.49. The lowest BCUT2D eigenvalue weighted by Gasteiger charge is -2.34. The van der Waals surface area contributed by atoms with Gasteiger partial charge in [-0.15, -0.1) is 0 Å². The zero-order valence-corrected chi connectivity index (χ0v) is 15.6. The Morgan fingerprint density at radius 1 is 1.17 bits per heavy atom. The van der Waals surface area contributed by atoms with Crippen LogP contribution < -0.4 is 15.2 Å². The van der Waals surface area contributed by atoms with Gasteiger partial charge in [-0.25, -0.2) is 0 Å². The van der Waals surface area contributed by atoms with Gasteiger partial charge in [-0.2, -0.15) is 0 Å². The van der Waals surface area contributed by atoms with Crippen LogP contribution in [0.25, 0.3) is 0 Å². The third-order valence-corrected chi connectivity index (χ3v) is 4.28. The van der Waals surface area contributed by atoms with Gasteiger partial charge in [0.1, 0.15) is 0 Å². The van der Waals surface area contributed by atoms with Crippen LogP contribution in [-0.4, -0.2) is 36.7 Å². The molecule has 1 aliphatic heterocycles. The predicted molar refractivity (Wildman–Crippen MR) is 97.3 cm³/mol. The number of ether oxygens (including phenoxy) is 2. The van der Waals surface area contributed by atoms with Crippen molar-refractivity contribution in [1.82, 2.24) is 4.90 Å². The second-order valence-electron chi connectivity index (χ2n) is 6.69. The summed E-state index contributed by atoms with van der Waals surface area (Å²) in [6.45, 7) is 13.0. The number of rotatable bonds is 7. The van der Waals surface area contributed by atoms with E-state index in [0.29, 0.717) is 18.9 Å². The SMILES string of the molecule is CCN(C(C)Cc1ccc2c(c1)OCO2)C(C)CC(C)C.NC=O. The molecule has 1 amide bonds. The normalized spacial score (nSPS) is 15.0. The Morgan fingerprint density at radius 2 is 1.79 bits per heavy atom. The van der Waals surface area contributed by atoms with E-state index in [1.165, 1.54) is 12.0 Å². The molecule has 0 saturated carbocycles. The number of hydrogen-bond acceptors (Lipinski definition) is 4. The summed E-state index contributed by atoms with van der Waals surface area (Å²) >= 11 is 0. The molecule has 2 atom stereocenters. The summed E-state index contributed by atoms with van der Waals surface area (Å²) in [5, 5.41) is 0. The first kappa shape index (κ1) is 20.3. The van der Waals surface area contributed by atoms with E-state index in [1.807, 2.05) is 6.07 Å². The van der Waals surface area contributed by atoms with Crippen LogP contribution >= 0.6 is 0 Å². The van der Waals surface area contributed by atoms with Crippen molar-refractivity contribution in [2.24, 2.45) is 11.7 Å². The van der Waals surface area contributed by atoms with Gasteiger partial charge in [-0.3, -0.25) is 9.69 Å². The van der Waals surface area contributed by atoms with Gasteiger partial charge < -0.3 is 15.2 Å². The Balaban J connectivity index is 0.000000891. The Labute approximate surface area is 146 Å². The van der Waals surface area contributed by atoms with Crippen LogP contribution in [0.4, 0.5) is 0 Å². The van der Waals surface area contributed by atoms with E-state index in [-0.39, 0.29) is 6.41 Å². The maximum atomic E-state index is 8.58. The third kappa shape index (κ3) is 6.04. The smallest absolute Gasteiger partial charge is 0.231 e. The van der Waals surface area contributed by atoms with Crippen molar-refractivity contribution in [2.45, 2.75) is 59.5 Å². The number of fused-ring (bicyclic) bond motifs is 1. The van der Waals surface area contributed by atoms with E-state index in [2.05, 4.69) is 57.4 Å². The van der Waals surface area contributed by atoms with Crippen molar-refractivity contribution in [3.05, 3.63) is 23.8 Å². The molecule has 0 bridgehead atoms. The number of primary amides is 1. The van der Waals surface area contributed by atoms with Crippen molar-refractivity contribution < 1.29 is 14.3 Å². The standard InChI is InChI=1S/C18H29NO2.CH3NO/c1-6-19(14(4)9-13(2)3)15(5)10-16-7-8-17-18(11-16)21-12-20-17;2-1-3/h7-8,11,13-15H,6,9-10,12H2,1-5H3;1H,(H2,2,3). The van der Waals surface area contributed by atoms with E-state index in [4.69, 9.17) is 14.3 Å². The number of nitrogens with two attached hydrogens (primary N) is 1. The predicted octanol–water partition coefficient (Wildman–Crippen LogP) is 3.20. The highest BCUT2D eigenvalue weighted by Gasteiger charge is 2.21. The molecule has 24 heavy (non-hydrogen) atoms. The van der Waals surface area contributed by atoms with E-state index >= 15 is 0 Å². The van der Waals surface area contributed by atoms with Crippen LogP contribution in [0.15, 0.2) is 18.2 Å². The fourth-order valence-corrected chi connectivity index (χ4v) is 3.40. The lowest BCUT2D eigenvalue weighted by Crippen LogP contribution is -2.41. The van der Waals surface area contributed by atoms with E-state index in [9.17, 15) is 0 Å². The fourth-order valence-electron chi connectivity index (χ4n) is 3.40. The second kappa shape index (κ2) is 10.2. The molecule has 0 radical (unpaired) electrons. The maximum absolute atomic E-state index is 8.58. The van der Waals surface area contributed by atoms with Crippen LogP contribution in [0.3, 0.4) is 0 Å². The molecule has 2 N–H and O–H groups in total. The van der Waals surface area contributed by atoms with Crippen molar-refractivity contribution in [1.29, 1.82) is 0 Å². The summed E-state index contributed by atoms with van der Waals surface area (Å²) < 4.78 is 10.8. The molecule has 1 heterocycles. The van der Waals surface area contributed by atoms with Crippen molar-refractivity contribution in [3.8, 4) is 11.5 Å². The molecule has 0 saturated heterocycles. The highest BCUT2D eigenvalue weighted by atomic mass is 16.7. The molecule has 5 heteroatoms. The fraction of sp³-hybridized carbons (Fsp3) is 0.632. The van der Waals surface area contributed by atoms with E-state index in [1.54, 1.807) is 0 Å². The van der Waals surface area contributed by atoms with Crippen LogP contribution in [0, 0.1) is 5.92 Å². The summed E-state index contributed by atoms with van der Waals surface area (Å²) in [6, 6.07) is 7.46. The van der Waals surface area contributed by atoms with E-state index < -0.39 is 0 Å². The number of nitrogens with zero attached hydrogens (tertiary/aromatic N) is 1. The van der Waals surface area contributed by atoms with Gasteiger partial charge in [0.05, 0.1) is 0 Å². The number of benzene rings is 1. The minimum atomic E-state index is 0.250. The lowest BCUT2D eigenvalue weighted by atomic mass is 9.99. The first-order chi connectivity index (χ1) is 11.4. The Hall–Kier alpha value is -1.75. The Bertz CT molecular complexity index is 505. The van der Waals surface area contributed by atoms with Crippen LogP contribution in [0.5, 0.6) is 11.5 Å². The van der Waals surface area contributed by atoms with Crippen molar-refractivity contribution in [3.63, 3.8) is 0 Å². The highest BCUT2D eigenvalue weighted by Crippen LogP contribution is 2.33. The first-order valence-corrected chi connectivity index (χ1v) is 8.72. The number of hydrogen-bond donors (Lipinski definition) is 1. The van der Waals surface area contributed by atoms with Crippen LogP contribution in [-0.2, 0) is 11.2 Å². The number of amides is 1. The van der Waals surface area contributed by atoms with Gasteiger partial charge in [0.2, 0.25) is 13.2 Å². The third-order valence-electron chi connectivity index (χ3n) is 4.28. The average Bonchev–Trinajstić information content (AvgIpc) is 2.95. The Kier molecular flexibility index (Phi) is 8.61. The zero-order valence-electron chi connectivity index (χ0n) is 15.6. The zero-order chi connectivity index (χ0) is 18.1. The molecule has 1 aliphatic rings. The molecule has 0 fully saturated rings. The quantitative estimate of drug-likeness (QED) is 0.777. The number of carbonyl (C=O) groups excluding carboxylic acids is 1. The van der Waals surface area contributed by atoms with E-state index in [0.717, 1.165) is 30.4 Å². The first-order valence-electron chi connectivity index (χ1n) is 8.72. The minimum Gasteiger partial charge on any atom is -0.454 e. The molecule has 2 unspecified atom stereocenters. The monoisotopic (exact) mass is 336 g/mol. The van der Waals surface area contributed by atoms with Gasteiger partial charge in [-0.05, 0) is 56.8 Å². The molecular formula is C19H32N2O3. The molecule has 1 aromatic carbocycles. The average molecular weight is 336 g/mol. The van der Waals surface area contributed by atoms with Crippen molar-refractivity contribution in [2.75, 3.05) is 13.3 Å². The highest BCUT2D eigenvalue weighted by molar-refractivity contribution is 5.44.